The molecule has 1 aromatic carbocycles. The maximum absolute atomic E-state index is 11.3. The Morgan fingerprint density at radius 1 is 1.47 bits per heavy atom. The van der Waals surface area contributed by atoms with E-state index >= 15 is 0 Å². The lowest BCUT2D eigenvalue weighted by Gasteiger charge is -2.06. The fourth-order valence-corrected chi connectivity index (χ4v) is 1.42. The van der Waals surface area contributed by atoms with Crippen LogP contribution in [-0.4, -0.2) is 23.4 Å². The summed E-state index contributed by atoms with van der Waals surface area (Å²) < 4.78 is 5.02. The zero-order chi connectivity index (χ0) is 10.8. The molecule has 2 rings (SSSR count). The lowest BCUT2D eigenvalue weighted by molar-refractivity contribution is -0.113. The number of carbonyl (C=O) groups excluding carboxylic acids is 1. The van der Waals surface area contributed by atoms with Crippen LogP contribution >= 0.6 is 0 Å². The van der Waals surface area contributed by atoms with E-state index in [1.807, 2.05) is 0 Å². The molecule has 0 amide bonds. The summed E-state index contributed by atoms with van der Waals surface area (Å²) >= 11 is 0. The molecule has 0 heterocycles. The third kappa shape index (κ3) is 1.47. The van der Waals surface area contributed by atoms with Crippen LogP contribution in [0.5, 0.6) is 5.75 Å². The average Bonchev–Trinajstić information content (AvgIpc) is 2.28. The van der Waals surface area contributed by atoms with Crippen LogP contribution in [-0.2, 0) is 4.79 Å². The van der Waals surface area contributed by atoms with Gasteiger partial charge in [-0.1, -0.05) is 0 Å². The van der Waals surface area contributed by atoms with Crippen LogP contribution in [0.2, 0.25) is 0 Å². The number of nitrogens with zero attached hydrogens (tertiary/aromatic N) is 2. The van der Waals surface area contributed by atoms with Gasteiger partial charge in [0.15, 0.2) is 0 Å². The molecule has 0 bridgehead atoms. The fraction of sp³-hybridized carbons (Fsp3) is 0.0909. The number of ether oxygens (including phenoxy) is 1. The van der Waals surface area contributed by atoms with Crippen molar-refractivity contribution in [2.75, 3.05) is 7.11 Å². The maximum atomic E-state index is 11.3. The molecule has 1 radical (unpaired) electrons. The highest BCUT2D eigenvalue weighted by Crippen LogP contribution is 2.21. The zero-order valence-electron chi connectivity index (χ0n) is 8.02. The van der Waals surface area contributed by atoms with Gasteiger partial charge in [-0.3, -0.25) is 4.79 Å². The molecular weight excluding hydrogens is 192 g/mol. The number of fused-ring (bicyclic) bond motifs is 1. The monoisotopic (exact) mass is 199 g/mol. The number of hydrogen-bond donors (Lipinski definition) is 0. The van der Waals surface area contributed by atoms with E-state index in [1.54, 1.807) is 18.2 Å². The van der Waals surface area contributed by atoms with Crippen LogP contribution in [0.15, 0.2) is 24.3 Å². The molecule has 1 aromatic rings. The smallest absolute Gasteiger partial charge is 0.370 e. The van der Waals surface area contributed by atoms with E-state index in [1.165, 1.54) is 13.2 Å². The standard InChI is InChI=1S/C11H7N2O2/c1-15-8-4-2-7-3-5-10(14)11(13-12)9(7)6-8/h2,4-6H,1H3. The Kier molecular flexibility index (Phi) is 2.20. The van der Waals surface area contributed by atoms with Crippen molar-refractivity contribution in [1.82, 2.24) is 0 Å². The number of hydrogen-bond acceptors (Lipinski definition) is 2. The molecule has 0 atom stereocenters. The van der Waals surface area contributed by atoms with Gasteiger partial charge in [0, 0.05) is 6.08 Å². The fourth-order valence-electron chi connectivity index (χ4n) is 1.42. The Bertz CT molecular complexity index is 511. The highest BCUT2D eigenvalue weighted by Gasteiger charge is 2.27. The van der Waals surface area contributed by atoms with Crippen molar-refractivity contribution in [3.8, 4) is 5.75 Å². The minimum atomic E-state index is -0.363. The molecule has 4 nitrogen and oxygen atoms in total. The molecule has 0 saturated carbocycles. The van der Waals surface area contributed by atoms with Crippen LogP contribution in [0.25, 0.3) is 5.53 Å². The molecule has 4 heteroatoms. The van der Waals surface area contributed by atoms with E-state index in [0.29, 0.717) is 16.9 Å². The molecule has 1 aliphatic rings. The summed E-state index contributed by atoms with van der Waals surface area (Å²) in [5.41, 5.74) is 10.0. The third-order valence-corrected chi connectivity index (χ3v) is 2.17. The van der Waals surface area contributed by atoms with Gasteiger partial charge in [0.2, 0.25) is 0 Å². The molecule has 0 fully saturated rings. The highest BCUT2D eigenvalue weighted by molar-refractivity contribution is 6.48. The summed E-state index contributed by atoms with van der Waals surface area (Å²) in [5.74, 6) is 0.240. The molecule has 0 saturated heterocycles. The van der Waals surface area contributed by atoms with Gasteiger partial charge in [-0.25, -0.2) is 0 Å². The molecule has 1 aliphatic carbocycles. The molecule has 0 N–H and O–H groups in total. The van der Waals surface area contributed by atoms with Crippen molar-refractivity contribution >= 4 is 11.5 Å². The van der Waals surface area contributed by atoms with Crippen molar-refractivity contribution in [2.24, 2.45) is 0 Å². The quantitative estimate of drug-likeness (QED) is 0.500. The molecule has 0 unspecified atom stereocenters. The predicted molar refractivity (Wildman–Crippen MR) is 52.6 cm³/mol. The SMILES string of the molecule is COc1ccc2c(c1)C(=[N+]=[N-])C(=O)C=[C]2. The third-order valence-electron chi connectivity index (χ3n) is 2.17. The van der Waals surface area contributed by atoms with E-state index in [4.69, 9.17) is 10.3 Å². The largest absolute Gasteiger partial charge is 0.497 e. The second kappa shape index (κ2) is 3.52. The van der Waals surface area contributed by atoms with Crippen LogP contribution in [0.4, 0.5) is 0 Å². The first kappa shape index (κ1) is 9.37. The van der Waals surface area contributed by atoms with Crippen molar-refractivity contribution in [1.29, 1.82) is 0 Å². The summed E-state index contributed by atoms with van der Waals surface area (Å²) in [6.45, 7) is 0. The summed E-state index contributed by atoms with van der Waals surface area (Å²) in [7, 11) is 1.53. The first-order valence-corrected chi connectivity index (χ1v) is 4.31. The van der Waals surface area contributed by atoms with Crippen LogP contribution < -0.4 is 4.74 Å². The van der Waals surface area contributed by atoms with Crippen LogP contribution in [0.1, 0.15) is 11.1 Å². The van der Waals surface area contributed by atoms with Gasteiger partial charge < -0.3 is 10.3 Å². The summed E-state index contributed by atoms with van der Waals surface area (Å²) in [6.07, 6.45) is 4.06. The number of ketones is 1. The van der Waals surface area contributed by atoms with Gasteiger partial charge in [-0.15, -0.1) is 0 Å². The van der Waals surface area contributed by atoms with Crippen LogP contribution in [0.3, 0.4) is 0 Å². The first-order valence-electron chi connectivity index (χ1n) is 4.31. The molecule has 0 aliphatic heterocycles. The Balaban J connectivity index is 2.67. The number of allylic oxidation sites excluding steroid dienone is 1. The Labute approximate surface area is 86.4 Å². The number of methoxy groups -OCH3 is 1. The van der Waals surface area contributed by atoms with Crippen molar-refractivity contribution in [3.63, 3.8) is 0 Å². The minimum Gasteiger partial charge on any atom is -0.497 e. The lowest BCUT2D eigenvalue weighted by Crippen LogP contribution is -2.19. The number of benzene rings is 1. The van der Waals surface area contributed by atoms with Gasteiger partial charge >= 0.3 is 5.71 Å². The highest BCUT2D eigenvalue weighted by atomic mass is 16.5. The molecule has 73 valence electrons. The van der Waals surface area contributed by atoms with Crippen molar-refractivity contribution < 1.29 is 14.3 Å². The molecular formula is C11H7N2O2. The lowest BCUT2D eigenvalue weighted by atomic mass is 9.94. The summed E-state index contributed by atoms with van der Waals surface area (Å²) in [6, 6.07) is 5.15. The van der Waals surface area contributed by atoms with E-state index in [0.717, 1.165) is 0 Å². The maximum Gasteiger partial charge on any atom is 0.370 e. The van der Waals surface area contributed by atoms with Gasteiger partial charge in [-0.05, 0) is 29.8 Å². The van der Waals surface area contributed by atoms with Crippen LogP contribution in [0, 0.1) is 6.08 Å². The van der Waals surface area contributed by atoms with Gasteiger partial charge in [0.1, 0.15) is 5.75 Å². The van der Waals surface area contributed by atoms with E-state index in [9.17, 15) is 4.79 Å². The van der Waals surface area contributed by atoms with E-state index in [2.05, 4.69) is 10.9 Å². The minimum absolute atomic E-state index is 0.0163. The second-order valence-corrected chi connectivity index (χ2v) is 3.01. The summed E-state index contributed by atoms with van der Waals surface area (Å²) in [5, 5.41) is 0. The first-order chi connectivity index (χ1) is 7.26. The van der Waals surface area contributed by atoms with Crippen molar-refractivity contribution in [2.45, 2.75) is 0 Å². The normalized spacial score (nSPS) is 13.4. The molecule has 0 spiro atoms. The second-order valence-electron chi connectivity index (χ2n) is 3.01. The van der Waals surface area contributed by atoms with E-state index in [-0.39, 0.29) is 11.5 Å². The predicted octanol–water partition coefficient (Wildman–Crippen LogP) is 1.00. The Morgan fingerprint density at radius 2 is 2.27 bits per heavy atom. The number of carbonyl (C=O) groups is 1. The molecule has 0 aromatic heterocycles. The molecule has 15 heavy (non-hydrogen) atoms. The Hall–Kier alpha value is -2.19. The van der Waals surface area contributed by atoms with Gasteiger partial charge in [0.05, 0.1) is 12.7 Å². The van der Waals surface area contributed by atoms with Gasteiger partial charge in [-0.2, -0.15) is 4.79 Å². The summed E-state index contributed by atoms with van der Waals surface area (Å²) in [4.78, 5) is 14.3. The zero-order valence-corrected chi connectivity index (χ0v) is 8.02. The Morgan fingerprint density at radius 3 is 2.93 bits per heavy atom. The average molecular weight is 199 g/mol. The number of rotatable bonds is 1. The van der Waals surface area contributed by atoms with Gasteiger partial charge in [0.25, 0.3) is 5.78 Å². The topological polar surface area (TPSA) is 62.7 Å². The van der Waals surface area contributed by atoms with E-state index < -0.39 is 0 Å². The van der Waals surface area contributed by atoms with Crippen molar-refractivity contribution in [3.05, 3.63) is 47.0 Å².